The smallest absolute Gasteiger partial charge is 0.256 e. The van der Waals surface area contributed by atoms with Crippen molar-refractivity contribution in [3.8, 4) is 17.2 Å². The average molecular weight is 373 g/mol. The van der Waals surface area contributed by atoms with Gasteiger partial charge in [0, 0.05) is 12.0 Å². The molecular weight excluding hydrogens is 350 g/mol. The van der Waals surface area contributed by atoms with E-state index >= 15 is 0 Å². The van der Waals surface area contributed by atoms with Crippen molar-refractivity contribution in [3.63, 3.8) is 0 Å². The molecule has 8 nitrogen and oxygen atoms in total. The van der Waals surface area contributed by atoms with Gasteiger partial charge in [0.05, 0.1) is 21.3 Å². The Morgan fingerprint density at radius 3 is 2.07 bits per heavy atom. The van der Waals surface area contributed by atoms with E-state index < -0.39 is 17.9 Å². The molecule has 0 heterocycles. The standard InChI is InChI=1S/C19H23N3O5/c1-25-15-10-13(11-16(26-2)17(15)27-3)18(23)21-14(19(24)22-20)9-12-7-5-4-6-8-12/h4-8,10-11,14H,9,20H2,1-3H3,(H,21,23)(H,22,24). The first kappa shape index (κ1) is 20.1. The van der Waals surface area contributed by atoms with Gasteiger partial charge in [-0.3, -0.25) is 15.0 Å². The van der Waals surface area contributed by atoms with Crippen LogP contribution in [0.3, 0.4) is 0 Å². The van der Waals surface area contributed by atoms with Crippen LogP contribution < -0.4 is 30.8 Å². The summed E-state index contributed by atoms with van der Waals surface area (Å²) in [5, 5.41) is 2.69. The van der Waals surface area contributed by atoms with Crippen molar-refractivity contribution >= 4 is 11.8 Å². The second kappa shape index (κ2) is 9.44. The highest BCUT2D eigenvalue weighted by Crippen LogP contribution is 2.38. The summed E-state index contributed by atoms with van der Waals surface area (Å²) in [4.78, 5) is 24.8. The van der Waals surface area contributed by atoms with Crippen LogP contribution in [0.2, 0.25) is 0 Å². The van der Waals surface area contributed by atoms with Gasteiger partial charge in [-0.05, 0) is 17.7 Å². The van der Waals surface area contributed by atoms with Crippen LogP contribution in [-0.2, 0) is 11.2 Å². The van der Waals surface area contributed by atoms with Gasteiger partial charge >= 0.3 is 0 Å². The molecule has 0 saturated heterocycles. The molecule has 1 atom stereocenters. The second-order valence-electron chi connectivity index (χ2n) is 5.64. The van der Waals surface area contributed by atoms with Gasteiger partial charge in [-0.1, -0.05) is 30.3 Å². The molecule has 0 radical (unpaired) electrons. The molecule has 2 aromatic rings. The van der Waals surface area contributed by atoms with Crippen LogP contribution in [0.4, 0.5) is 0 Å². The Hall–Kier alpha value is -3.26. The molecule has 2 aromatic carbocycles. The Labute approximate surface area is 157 Å². The number of carbonyl (C=O) groups excluding carboxylic acids is 2. The lowest BCUT2D eigenvalue weighted by atomic mass is 10.0. The van der Waals surface area contributed by atoms with E-state index in [4.69, 9.17) is 20.1 Å². The van der Waals surface area contributed by atoms with Crippen molar-refractivity contribution in [3.05, 3.63) is 53.6 Å². The summed E-state index contributed by atoms with van der Waals surface area (Å²) in [6.07, 6.45) is 0.292. The summed E-state index contributed by atoms with van der Waals surface area (Å²) < 4.78 is 15.8. The maximum absolute atomic E-state index is 12.7. The Morgan fingerprint density at radius 1 is 1.00 bits per heavy atom. The van der Waals surface area contributed by atoms with Crippen molar-refractivity contribution in [1.82, 2.24) is 10.7 Å². The van der Waals surface area contributed by atoms with Gasteiger partial charge in [-0.2, -0.15) is 0 Å². The number of nitrogens with one attached hydrogen (secondary N) is 2. The Balaban J connectivity index is 2.27. The fourth-order valence-corrected chi connectivity index (χ4v) is 2.61. The van der Waals surface area contributed by atoms with Gasteiger partial charge in [-0.15, -0.1) is 0 Å². The topological polar surface area (TPSA) is 112 Å². The molecule has 2 amide bonds. The zero-order valence-corrected chi connectivity index (χ0v) is 15.4. The number of ether oxygens (including phenoxy) is 3. The number of amides is 2. The maximum Gasteiger partial charge on any atom is 0.256 e. The first-order valence-corrected chi connectivity index (χ1v) is 8.19. The molecule has 0 fully saturated rings. The summed E-state index contributed by atoms with van der Waals surface area (Å²) >= 11 is 0. The number of carbonyl (C=O) groups is 2. The predicted octanol–water partition coefficient (Wildman–Crippen LogP) is 1.04. The van der Waals surface area contributed by atoms with Crippen molar-refractivity contribution < 1.29 is 23.8 Å². The fourth-order valence-electron chi connectivity index (χ4n) is 2.61. The van der Waals surface area contributed by atoms with Crippen molar-refractivity contribution in [2.24, 2.45) is 5.84 Å². The summed E-state index contributed by atoms with van der Waals surface area (Å²) in [6.45, 7) is 0. The number of hydrogen-bond acceptors (Lipinski definition) is 6. The normalized spacial score (nSPS) is 11.3. The van der Waals surface area contributed by atoms with E-state index in [9.17, 15) is 9.59 Å². The first-order valence-electron chi connectivity index (χ1n) is 8.19. The van der Waals surface area contributed by atoms with Crippen LogP contribution in [0.15, 0.2) is 42.5 Å². The molecule has 0 aliphatic carbocycles. The maximum atomic E-state index is 12.7. The number of hydrazine groups is 1. The van der Waals surface area contributed by atoms with Gasteiger partial charge in [0.1, 0.15) is 6.04 Å². The minimum absolute atomic E-state index is 0.257. The fraction of sp³-hybridized carbons (Fsp3) is 0.263. The van der Waals surface area contributed by atoms with Gasteiger partial charge in [0.2, 0.25) is 5.75 Å². The lowest BCUT2D eigenvalue weighted by Crippen LogP contribution is -2.50. The van der Waals surface area contributed by atoms with E-state index in [0.717, 1.165) is 5.56 Å². The number of hydrogen-bond donors (Lipinski definition) is 3. The van der Waals surface area contributed by atoms with Crippen LogP contribution in [0, 0.1) is 0 Å². The number of nitrogens with two attached hydrogens (primary N) is 1. The molecule has 4 N–H and O–H groups in total. The summed E-state index contributed by atoms with van der Waals surface area (Å²) in [5.41, 5.74) is 3.22. The highest BCUT2D eigenvalue weighted by molar-refractivity contribution is 5.98. The van der Waals surface area contributed by atoms with Gasteiger partial charge in [0.25, 0.3) is 11.8 Å². The van der Waals surface area contributed by atoms with E-state index in [0.29, 0.717) is 23.7 Å². The van der Waals surface area contributed by atoms with Crippen LogP contribution >= 0.6 is 0 Å². The Bertz CT molecular complexity index is 770. The van der Waals surface area contributed by atoms with Crippen LogP contribution in [0.5, 0.6) is 17.2 Å². The molecule has 0 aliphatic heterocycles. The highest BCUT2D eigenvalue weighted by Gasteiger charge is 2.23. The molecule has 0 bridgehead atoms. The molecule has 0 aromatic heterocycles. The zero-order valence-electron chi connectivity index (χ0n) is 15.4. The SMILES string of the molecule is COc1cc(C(=O)NC(Cc2ccccc2)C(=O)NN)cc(OC)c1OC. The Morgan fingerprint density at radius 2 is 1.59 bits per heavy atom. The van der Waals surface area contributed by atoms with E-state index in [2.05, 4.69) is 10.7 Å². The van der Waals surface area contributed by atoms with Gasteiger partial charge in [-0.25, -0.2) is 5.84 Å². The number of rotatable bonds is 8. The molecule has 27 heavy (non-hydrogen) atoms. The third kappa shape index (κ3) is 4.89. The first-order chi connectivity index (χ1) is 13.0. The molecule has 8 heteroatoms. The molecule has 0 saturated carbocycles. The lowest BCUT2D eigenvalue weighted by Gasteiger charge is -2.18. The van der Waals surface area contributed by atoms with Crippen molar-refractivity contribution in [1.29, 1.82) is 0 Å². The quantitative estimate of drug-likeness (QED) is 0.362. The predicted molar refractivity (Wildman–Crippen MR) is 99.8 cm³/mol. The van der Waals surface area contributed by atoms with Crippen LogP contribution in [0.1, 0.15) is 15.9 Å². The van der Waals surface area contributed by atoms with E-state index in [1.54, 1.807) is 0 Å². The average Bonchev–Trinajstić information content (AvgIpc) is 2.71. The summed E-state index contributed by atoms with van der Waals surface area (Å²) in [7, 11) is 4.39. The third-order valence-corrected chi connectivity index (χ3v) is 3.97. The second-order valence-corrected chi connectivity index (χ2v) is 5.64. The molecule has 2 rings (SSSR count). The monoisotopic (exact) mass is 373 g/mol. The molecular formula is C19H23N3O5. The number of methoxy groups -OCH3 is 3. The largest absolute Gasteiger partial charge is 0.493 e. The molecule has 1 unspecified atom stereocenters. The van der Waals surface area contributed by atoms with Gasteiger partial charge in [0.15, 0.2) is 11.5 Å². The van der Waals surface area contributed by atoms with E-state index in [1.807, 2.05) is 30.3 Å². The zero-order chi connectivity index (χ0) is 19.8. The molecule has 144 valence electrons. The third-order valence-electron chi connectivity index (χ3n) is 3.97. The summed E-state index contributed by atoms with van der Waals surface area (Å²) in [5.74, 6) is 5.34. The summed E-state index contributed by atoms with van der Waals surface area (Å²) in [6, 6.07) is 11.5. The molecule has 0 aliphatic rings. The van der Waals surface area contributed by atoms with Crippen LogP contribution in [-0.4, -0.2) is 39.2 Å². The van der Waals surface area contributed by atoms with E-state index in [1.165, 1.54) is 33.5 Å². The van der Waals surface area contributed by atoms with Crippen molar-refractivity contribution in [2.75, 3.05) is 21.3 Å². The lowest BCUT2D eigenvalue weighted by molar-refractivity contribution is -0.123. The van der Waals surface area contributed by atoms with Crippen LogP contribution in [0.25, 0.3) is 0 Å². The van der Waals surface area contributed by atoms with Gasteiger partial charge < -0.3 is 19.5 Å². The van der Waals surface area contributed by atoms with Crippen molar-refractivity contribution in [2.45, 2.75) is 12.5 Å². The minimum Gasteiger partial charge on any atom is -0.493 e. The van der Waals surface area contributed by atoms with E-state index in [-0.39, 0.29) is 5.56 Å². The minimum atomic E-state index is -0.844. The Kier molecular flexibility index (Phi) is 7.01. The highest BCUT2D eigenvalue weighted by atomic mass is 16.5. The number of benzene rings is 2. The molecule has 0 spiro atoms.